The van der Waals surface area contributed by atoms with E-state index in [1.54, 1.807) is 0 Å². The van der Waals surface area contributed by atoms with Crippen LogP contribution in [-0.4, -0.2) is 41.5 Å². The second kappa shape index (κ2) is 7.56. The molecule has 2 fully saturated rings. The zero-order valence-corrected chi connectivity index (χ0v) is 13.2. The maximum atomic E-state index is 12.2. The molecule has 2 aliphatic rings. The molecule has 0 aromatic rings. The van der Waals surface area contributed by atoms with Crippen molar-refractivity contribution in [2.45, 2.75) is 64.8 Å². The third kappa shape index (κ3) is 4.05. The number of carbonyl (C=O) groups excluding carboxylic acids is 1. The Morgan fingerprint density at radius 2 is 2.05 bits per heavy atom. The van der Waals surface area contributed by atoms with Crippen molar-refractivity contribution in [3.63, 3.8) is 0 Å². The Balaban J connectivity index is 1.96. The second-order valence-corrected chi connectivity index (χ2v) is 7.12. The SMILES string of the molecule is CC(C)C1CCC(=O)C(CN2CCCCCC2CO)C1. The van der Waals surface area contributed by atoms with E-state index in [2.05, 4.69) is 18.7 Å². The molecule has 0 bridgehead atoms. The quantitative estimate of drug-likeness (QED) is 0.861. The van der Waals surface area contributed by atoms with Gasteiger partial charge in [-0.1, -0.05) is 26.7 Å². The van der Waals surface area contributed by atoms with Gasteiger partial charge in [0.25, 0.3) is 0 Å². The zero-order chi connectivity index (χ0) is 14.5. The molecule has 3 atom stereocenters. The Kier molecular flexibility index (Phi) is 6.03. The van der Waals surface area contributed by atoms with E-state index >= 15 is 0 Å². The van der Waals surface area contributed by atoms with E-state index in [9.17, 15) is 9.90 Å². The van der Waals surface area contributed by atoms with E-state index in [-0.39, 0.29) is 18.6 Å². The summed E-state index contributed by atoms with van der Waals surface area (Å²) in [6.45, 7) is 6.74. The van der Waals surface area contributed by atoms with Crippen LogP contribution in [0, 0.1) is 17.8 Å². The molecule has 1 N–H and O–H groups in total. The summed E-state index contributed by atoms with van der Waals surface area (Å²) in [4.78, 5) is 14.6. The molecule has 0 radical (unpaired) electrons. The molecule has 0 aromatic carbocycles. The molecule has 0 amide bonds. The first-order chi connectivity index (χ1) is 9.61. The van der Waals surface area contributed by atoms with E-state index in [0.29, 0.717) is 17.6 Å². The van der Waals surface area contributed by atoms with Gasteiger partial charge >= 0.3 is 0 Å². The van der Waals surface area contributed by atoms with E-state index < -0.39 is 0 Å². The van der Waals surface area contributed by atoms with Gasteiger partial charge in [-0.25, -0.2) is 0 Å². The summed E-state index contributed by atoms with van der Waals surface area (Å²) in [5.41, 5.74) is 0. The lowest BCUT2D eigenvalue weighted by Gasteiger charge is -2.36. The number of aliphatic hydroxyl groups excluding tert-OH is 1. The van der Waals surface area contributed by atoms with Crippen LogP contribution in [0.25, 0.3) is 0 Å². The summed E-state index contributed by atoms with van der Waals surface area (Å²) in [6.07, 6.45) is 7.69. The number of Topliss-reactive ketones (excluding diaryl/α,β-unsaturated/α-hetero) is 1. The molecular formula is C17H31NO2. The van der Waals surface area contributed by atoms with Gasteiger partial charge in [-0.05, 0) is 44.1 Å². The third-order valence-electron chi connectivity index (χ3n) is 5.41. The van der Waals surface area contributed by atoms with E-state index in [4.69, 9.17) is 0 Å². The monoisotopic (exact) mass is 281 g/mol. The lowest BCUT2D eigenvalue weighted by Crippen LogP contribution is -2.44. The largest absolute Gasteiger partial charge is 0.395 e. The normalized spacial score (nSPS) is 33.4. The average molecular weight is 281 g/mol. The van der Waals surface area contributed by atoms with Crippen LogP contribution in [0.1, 0.15) is 58.8 Å². The molecule has 3 unspecified atom stereocenters. The Bertz CT molecular complexity index is 316. The van der Waals surface area contributed by atoms with Crippen molar-refractivity contribution in [1.82, 2.24) is 4.90 Å². The predicted molar refractivity (Wildman–Crippen MR) is 81.6 cm³/mol. The Morgan fingerprint density at radius 3 is 2.75 bits per heavy atom. The molecule has 3 nitrogen and oxygen atoms in total. The summed E-state index contributed by atoms with van der Waals surface area (Å²) in [5.74, 6) is 2.06. The molecule has 1 aliphatic carbocycles. The smallest absolute Gasteiger partial charge is 0.137 e. The third-order valence-corrected chi connectivity index (χ3v) is 5.41. The van der Waals surface area contributed by atoms with Gasteiger partial charge in [-0.2, -0.15) is 0 Å². The highest BCUT2D eigenvalue weighted by Gasteiger charge is 2.33. The lowest BCUT2D eigenvalue weighted by molar-refractivity contribution is -0.127. The summed E-state index contributed by atoms with van der Waals surface area (Å²) in [5, 5.41) is 9.60. The van der Waals surface area contributed by atoms with Crippen molar-refractivity contribution in [1.29, 1.82) is 0 Å². The standard InChI is InChI=1S/C17H31NO2/c1-13(2)14-7-8-17(20)15(10-14)11-18-9-5-3-4-6-16(18)12-19/h13-16,19H,3-12H2,1-2H3. The van der Waals surface area contributed by atoms with Crippen LogP contribution in [0.3, 0.4) is 0 Å². The molecular weight excluding hydrogens is 250 g/mol. The number of aliphatic hydroxyl groups is 1. The van der Waals surface area contributed by atoms with Crippen LogP contribution in [-0.2, 0) is 4.79 Å². The minimum absolute atomic E-state index is 0.211. The summed E-state index contributed by atoms with van der Waals surface area (Å²) in [7, 11) is 0. The topological polar surface area (TPSA) is 40.5 Å². The van der Waals surface area contributed by atoms with Crippen LogP contribution < -0.4 is 0 Å². The number of ketones is 1. The van der Waals surface area contributed by atoms with Gasteiger partial charge in [0.05, 0.1) is 6.61 Å². The number of rotatable bonds is 4. The lowest BCUT2D eigenvalue weighted by atomic mass is 9.75. The van der Waals surface area contributed by atoms with Crippen LogP contribution in [0.4, 0.5) is 0 Å². The number of nitrogens with zero attached hydrogens (tertiary/aromatic N) is 1. The minimum atomic E-state index is 0.211. The van der Waals surface area contributed by atoms with Gasteiger partial charge in [0.2, 0.25) is 0 Å². The van der Waals surface area contributed by atoms with E-state index in [0.717, 1.165) is 38.8 Å². The van der Waals surface area contributed by atoms with Gasteiger partial charge in [-0.3, -0.25) is 9.69 Å². The maximum Gasteiger partial charge on any atom is 0.137 e. The van der Waals surface area contributed by atoms with E-state index in [1.807, 2.05) is 0 Å². The average Bonchev–Trinajstić information content (AvgIpc) is 2.66. The highest BCUT2D eigenvalue weighted by Crippen LogP contribution is 2.33. The molecule has 1 heterocycles. The van der Waals surface area contributed by atoms with Crippen LogP contribution in [0.5, 0.6) is 0 Å². The Labute approximate surface area is 123 Å². The van der Waals surface area contributed by atoms with Crippen LogP contribution >= 0.6 is 0 Å². The molecule has 0 spiro atoms. The first-order valence-corrected chi connectivity index (χ1v) is 8.49. The first kappa shape index (κ1) is 16.0. The maximum absolute atomic E-state index is 12.2. The van der Waals surface area contributed by atoms with Gasteiger partial charge in [0.1, 0.15) is 5.78 Å². The van der Waals surface area contributed by atoms with Crippen molar-refractivity contribution in [3.8, 4) is 0 Å². The number of hydrogen-bond donors (Lipinski definition) is 1. The van der Waals surface area contributed by atoms with Gasteiger partial charge in [0.15, 0.2) is 0 Å². The van der Waals surface area contributed by atoms with Crippen molar-refractivity contribution >= 4 is 5.78 Å². The highest BCUT2D eigenvalue weighted by atomic mass is 16.3. The number of carbonyl (C=O) groups is 1. The van der Waals surface area contributed by atoms with Gasteiger partial charge in [-0.15, -0.1) is 0 Å². The van der Waals surface area contributed by atoms with Crippen molar-refractivity contribution < 1.29 is 9.90 Å². The number of hydrogen-bond acceptors (Lipinski definition) is 3. The van der Waals surface area contributed by atoms with Gasteiger partial charge < -0.3 is 5.11 Å². The summed E-state index contributed by atoms with van der Waals surface area (Å²) >= 11 is 0. The molecule has 0 aromatic heterocycles. The van der Waals surface area contributed by atoms with Crippen LogP contribution in [0.15, 0.2) is 0 Å². The predicted octanol–water partition coefficient (Wildman–Crippen LogP) is 2.86. The molecule has 1 aliphatic heterocycles. The van der Waals surface area contributed by atoms with E-state index in [1.165, 1.54) is 19.3 Å². The zero-order valence-electron chi connectivity index (χ0n) is 13.2. The minimum Gasteiger partial charge on any atom is -0.395 e. The fourth-order valence-corrected chi connectivity index (χ4v) is 3.90. The Hall–Kier alpha value is -0.410. The highest BCUT2D eigenvalue weighted by molar-refractivity contribution is 5.82. The first-order valence-electron chi connectivity index (χ1n) is 8.49. The molecule has 2 rings (SSSR count). The van der Waals surface area contributed by atoms with Crippen molar-refractivity contribution in [3.05, 3.63) is 0 Å². The fraction of sp³-hybridized carbons (Fsp3) is 0.941. The number of likely N-dealkylation sites (tertiary alicyclic amines) is 1. The van der Waals surface area contributed by atoms with Gasteiger partial charge in [0, 0.05) is 24.9 Å². The summed E-state index contributed by atoms with van der Waals surface area (Å²) < 4.78 is 0. The molecule has 20 heavy (non-hydrogen) atoms. The molecule has 1 saturated carbocycles. The fourth-order valence-electron chi connectivity index (χ4n) is 3.90. The van der Waals surface area contributed by atoms with Crippen LogP contribution in [0.2, 0.25) is 0 Å². The van der Waals surface area contributed by atoms with Crippen molar-refractivity contribution in [2.24, 2.45) is 17.8 Å². The molecule has 3 heteroatoms. The molecule has 116 valence electrons. The molecule has 1 saturated heterocycles. The van der Waals surface area contributed by atoms with Crippen molar-refractivity contribution in [2.75, 3.05) is 19.7 Å². The second-order valence-electron chi connectivity index (χ2n) is 7.12. The summed E-state index contributed by atoms with van der Waals surface area (Å²) in [6, 6.07) is 0.282. The Morgan fingerprint density at radius 1 is 1.25 bits per heavy atom.